The van der Waals surface area contributed by atoms with E-state index < -0.39 is 0 Å². The summed E-state index contributed by atoms with van der Waals surface area (Å²) in [6, 6.07) is 15.2. The van der Waals surface area contributed by atoms with Crippen molar-refractivity contribution in [2.45, 2.75) is 26.7 Å². The van der Waals surface area contributed by atoms with Gasteiger partial charge in [0.25, 0.3) is 0 Å². The molecular weight excluding hydrogens is 242 g/mol. The third-order valence-corrected chi connectivity index (χ3v) is 3.62. The third kappa shape index (κ3) is 4.07. The van der Waals surface area contributed by atoms with E-state index in [1.54, 1.807) is 0 Å². The van der Waals surface area contributed by atoms with Crippen molar-refractivity contribution in [1.29, 1.82) is 0 Å². The first-order valence-corrected chi connectivity index (χ1v) is 7.23. The van der Waals surface area contributed by atoms with Gasteiger partial charge in [0.15, 0.2) is 0 Å². The fraction of sp³-hybridized carbons (Fsp3) is 0.263. The Morgan fingerprint density at radius 3 is 2.35 bits per heavy atom. The number of rotatable bonds is 5. The molecule has 0 saturated heterocycles. The van der Waals surface area contributed by atoms with Crippen molar-refractivity contribution in [1.82, 2.24) is 0 Å². The largest absolute Gasteiger partial charge is 0.330 e. The molecule has 0 aliphatic rings. The maximum Gasteiger partial charge on any atom is -0.00741 e. The normalized spacial score (nSPS) is 11.2. The number of hydrogen-bond acceptors (Lipinski definition) is 1. The average molecular weight is 265 g/mol. The second-order valence-electron chi connectivity index (χ2n) is 5.31. The van der Waals surface area contributed by atoms with Gasteiger partial charge < -0.3 is 5.73 Å². The van der Waals surface area contributed by atoms with Crippen LogP contribution in [-0.2, 0) is 6.42 Å². The van der Waals surface area contributed by atoms with Crippen molar-refractivity contribution in [2.24, 2.45) is 5.73 Å². The van der Waals surface area contributed by atoms with E-state index in [1.165, 1.54) is 27.8 Å². The summed E-state index contributed by atoms with van der Waals surface area (Å²) >= 11 is 0. The summed E-state index contributed by atoms with van der Waals surface area (Å²) in [5.74, 6) is 0. The first-order valence-electron chi connectivity index (χ1n) is 7.23. The number of benzene rings is 2. The molecule has 0 aromatic heterocycles. The Labute approximate surface area is 122 Å². The lowest BCUT2D eigenvalue weighted by molar-refractivity contribution is 0.832. The predicted octanol–water partition coefficient (Wildman–Crippen LogP) is 4.37. The summed E-state index contributed by atoms with van der Waals surface area (Å²) in [6.07, 6.45) is 6.46. The van der Waals surface area contributed by atoms with E-state index in [4.69, 9.17) is 5.73 Å². The van der Waals surface area contributed by atoms with Gasteiger partial charge in [-0.1, -0.05) is 54.6 Å². The topological polar surface area (TPSA) is 26.0 Å². The molecule has 0 aliphatic carbocycles. The second-order valence-corrected chi connectivity index (χ2v) is 5.31. The van der Waals surface area contributed by atoms with Gasteiger partial charge in [0.05, 0.1) is 0 Å². The fourth-order valence-corrected chi connectivity index (χ4v) is 2.22. The van der Waals surface area contributed by atoms with E-state index in [0.717, 1.165) is 19.4 Å². The fourth-order valence-electron chi connectivity index (χ4n) is 2.22. The average Bonchev–Trinajstić information content (AvgIpc) is 2.47. The molecule has 1 nitrogen and oxygen atoms in total. The molecule has 104 valence electrons. The Morgan fingerprint density at radius 1 is 0.900 bits per heavy atom. The van der Waals surface area contributed by atoms with Gasteiger partial charge in [-0.15, -0.1) is 0 Å². The van der Waals surface area contributed by atoms with E-state index in [-0.39, 0.29) is 0 Å². The van der Waals surface area contributed by atoms with Crippen molar-refractivity contribution in [2.75, 3.05) is 6.54 Å². The highest BCUT2D eigenvalue weighted by atomic mass is 14.5. The molecular formula is C19H23N. The molecule has 2 aromatic carbocycles. The van der Waals surface area contributed by atoms with Crippen LogP contribution in [0.3, 0.4) is 0 Å². The van der Waals surface area contributed by atoms with Crippen LogP contribution < -0.4 is 5.73 Å². The molecule has 0 saturated carbocycles. The van der Waals surface area contributed by atoms with E-state index in [2.05, 4.69) is 68.5 Å². The maximum atomic E-state index is 5.56. The molecule has 0 spiro atoms. The minimum absolute atomic E-state index is 0.753. The Balaban J connectivity index is 2.12. The molecule has 2 N–H and O–H groups in total. The summed E-state index contributed by atoms with van der Waals surface area (Å²) in [6.45, 7) is 5.05. The minimum Gasteiger partial charge on any atom is -0.330 e. The van der Waals surface area contributed by atoms with Crippen molar-refractivity contribution in [3.05, 3.63) is 70.3 Å². The van der Waals surface area contributed by atoms with Crippen LogP contribution in [0.25, 0.3) is 12.2 Å². The number of nitrogens with two attached hydrogens (primary N) is 1. The molecule has 2 rings (SSSR count). The Morgan fingerprint density at radius 2 is 1.65 bits per heavy atom. The first kappa shape index (κ1) is 14.5. The van der Waals surface area contributed by atoms with Crippen LogP contribution in [0.4, 0.5) is 0 Å². The van der Waals surface area contributed by atoms with Gasteiger partial charge >= 0.3 is 0 Å². The highest BCUT2D eigenvalue weighted by Gasteiger charge is 1.95. The Kier molecular flexibility index (Phi) is 5.14. The van der Waals surface area contributed by atoms with Crippen LogP contribution in [0, 0.1) is 13.8 Å². The highest BCUT2D eigenvalue weighted by molar-refractivity contribution is 5.70. The zero-order valence-corrected chi connectivity index (χ0v) is 12.4. The van der Waals surface area contributed by atoms with Gasteiger partial charge in [0.2, 0.25) is 0 Å². The molecule has 0 aliphatic heterocycles. The number of aryl methyl sites for hydroxylation is 3. The molecule has 20 heavy (non-hydrogen) atoms. The lowest BCUT2D eigenvalue weighted by Gasteiger charge is -2.03. The monoisotopic (exact) mass is 265 g/mol. The van der Waals surface area contributed by atoms with Crippen LogP contribution >= 0.6 is 0 Å². The molecule has 0 radical (unpaired) electrons. The first-order chi connectivity index (χ1) is 9.69. The van der Waals surface area contributed by atoms with Crippen LogP contribution in [-0.4, -0.2) is 6.54 Å². The second kappa shape index (κ2) is 7.06. The lowest BCUT2D eigenvalue weighted by Crippen LogP contribution is -2.00. The van der Waals surface area contributed by atoms with E-state index in [1.807, 2.05) is 0 Å². The summed E-state index contributed by atoms with van der Waals surface area (Å²) in [4.78, 5) is 0. The van der Waals surface area contributed by atoms with Crippen molar-refractivity contribution in [3.8, 4) is 0 Å². The van der Waals surface area contributed by atoms with Gasteiger partial charge in [0, 0.05) is 0 Å². The molecule has 2 aromatic rings. The minimum atomic E-state index is 0.753. The third-order valence-electron chi connectivity index (χ3n) is 3.62. The van der Waals surface area contributed by atoms with Crippen molar-refractivity contribution >= 4 is 12.2 Å². The van der Waals surface area contributed by atoms with E-state index in [9.17, 15) is 0 Å². The summed E-state index contributed by atoms with van der Waals surface area (Å²) in [7, 11) is 0. The Hall–Kier alpha value is -1.86. The van der Waals surface area contributed by atoms with Crippen molar-refractivity contribution < 1.29 is 0 Å². The van der Waals surface area contributed by atoms with Gasteiger partial charge in [-0.2, -0.15) is 0 Å². The van der Waals surface area contributed by atoms with Crippen LogP contribution in [0.1, 0.15) is 34.2 Å². The van der Waals surface area contributed by atoms with Crippen LogP contribution in [0.5, 0.6) is 0 Å². The van der Waals surface area contributed by atoms with Gasteiger partial charge in [-0.3, -0.25) is 0 Å². The SMILES string of the molecule is Cc1ccc(/C=C/c2cccc(CCCN)c2)cc1C. The van der Waals surface area contributed by atoms with Gasteiger partial charge in [-0.25, -0.2) is 0 Å². The standard InChI is InChI=1S/C19H23N/c1-15-8-9-19(13-16(15)2)11-10-18-6-3-5-17(14-18)7-4-12-20/h3,5-6,8-11,13-14H,4,7,12,20H2,1-2H3/b11-10+. The summed E-state index contributed by atoms with van der Waals surface area (Å²) < 4.78 is 0. The van der Waals surface area contributed by atoms with E-state index >= 15 is 0 Å². The van der Waals surface area contributed by atoms with Gasteiger partial charge in [0.1, 0.15) is 0 Å². The van der Waals surface area contributed by atoms with Crippen LogP contribution in [0.2, 0.25) is 0 Å². The predicted molar refractivity (Wildman–Crippen MR) is 88.7 cm³/mol. The van der Waals surface area contributed by atoms with E-state index in [0.29, 0.717) is 0 Å². The molecule has 0 bridgehead atoms. The quantitative estimate of drug-likeness (QED) is 0.798. The summed E-state index contributed by atoms with van der Waals surface area (Å²) in [5, 5.41) is 0. The maximum absolute atomic E-state index is 5.56. The number of hydrogen-bond donors (Lipinski definition) is 1. The van der Waals surface area contributed by atoms with Crippen LogP contribution in [0.15, 0.2) is 42.5 Å². The molecule has 0 unspecified atom stereocenters. The molecule has 0 heterocycles. The molecule has 0 atom stereocenters. The smallest absolute Gasteiger partial charge is 0.00741 e. The molecule has 0 fully saturated rings. The molecule has 1 heteroatoms. The zero-order valence-electron chi connectivity index (χ0n) is 12.4. The molecule has 0 amide bonds. The Bertz CT molecular complexity index is 596. The summed E-state index contributed by atoms with van der Waals surface area (Å²) in [5.41, 5.74) is 12.1. The highest BCUT2D eigenvalue weighted by Crippen LogP contribution is 2.14. The van der Waals surface area contributed by atoms with Crippen molar-refractivity contribution in [3.63, 3.8) is 0 Å². The zero-order chi connectivity index (χ0) is 14.4. The van der Waals surface area contributed by atoms with Gasteiger partial charge in [-0.05, 0) is 61.1 Å². The lowest BCUT2D eigenvalue weighted by atomic mass is 10.0.